The zero-order chi connectivity index (χ0) is 16.1. The van der Waals surface area contributed by atoms with E-state index in [0.717, 1.165) is 23.0 Å². The van der Waals surface area contributed by atoms with Crippen LogP contribution in [0, 0.1) is 0 Å². The maximum atomic E-state index is 11.8. The third kappa shape index (κ3) is 4.21. The number of imidazole rings is 1. The Morgan fingerprint density at radius 1 is 1.18 bits per heavy atom. The lowest BCUT2D eigenvalue weighted by molar-refractivity contribution is -0.138. The molecule has 0 aliphatic carbocycles. The van der Waals surface area contributed by atoms with Crippen LogP contribution in [-0.2, 0) is 16.0 Å². The predicted octanol–water partition coefficient (Wildman–Crippen LogP) is 1.11. The number of hydrogen-bond donors (Lipinski definition) is 3. The summed E-state index contributed by atoms with van der Waals surface area (Å²) in [7, 11) is 1.61. The molecule has 0 spiro atoms. The highest BCUT2D eigenvalue weighted by atomic mass is 16.4. The van der Waals surface area contributed by atoms with Gasteiger partial charge in [0.2, 0.25) is 5.91 Å². The lowest BCUT2D eigenvalue weighted by Gasteiger charge is -2.15. The summed E-state index contributed by atoms with van der Waals surface area (Å²) in [5.74, 6) is -0.967. The van der Waals surface area contributed by atoms with Gasteiger partial charge in [0.05, 0.1) is 17.5 Å². The van der Waals surface area contributed by atoms with Crippen molar-refractivity contribution in [2.75, 3.05) is 13.6 Å². The van der Waals surface area contributed by atoms with Gasteiger partial charge in [-0.05, 0) is 30.5 Å². The van der Waals surface area contributed by atoms with E-state index in [4.69, 9.17) is 5.11 Å². The van der Waals surface area contributed by atoms with Gasteiger partial charge in [0.25, 0.3) is 0 Å². The van der Waals surface area contributed by atoms with E-state index >= 15 is 0 Å². The first-order valence-corrected chi connectivity index (χ1v) is 7.12. The lowest BCUT2D eigenvalue weighted by atomic mass is 10.1. The minimum absolute atomic E-state index is 0.0419. The third-order valence-corrected chi connectivity index (χ3v) is 3.52. The Balaban J connectivity index is 1.82. The molecule has 0 radical (unpaired) electrons. The van der Waals surface area contributed by atoms with Gasteiger partial charge < -0.3 is 20.0 Å². The minimum Gasteiger partial charge on any atom is -0.481 e. The number of rotatable bonds is 7. The summed E-state index contributed by atoms with van der Waals surface area (Å²) in [6, 6.07) is 5.65. The van der Waals surface area contributed by atoms with E-state index in [0.29, 0.717) is 12.8 Å². The number of amides is 1. The fourth-order valence-corrected chi connectivity index (χ4v) is 2.26. The highest BCUT2D eigenvalue weighted by molar-refractivity contribution is 5.77. The van der Waals surface area contributed by atoms with Crippen molar-refractivity contribution in [1.29, 1.82) is 0 Å². The van der Waals surface area contributed by atoms with Crippen molar-refractivity contribution in [1.82, 2.24) is 14.9 Å². The molecule has 22 heavy (non-hydrogen) atoms. The van der Waals surface area contributed by atoms with Gasteiger partial charge in [-0.1, -0.05) is 6.07 Å². The number of carboxylic acids is 1. The van der Waals surface area contributed by atoms with Crippen molar-refractivity contribution >= 4 is 22.9 Å². The molecular formula is C15H19N3O4. The molecule has 1 amide bonds. The molecule has 0 saturated heterocycles. The molecule has 7 heteroatoms. The Labute approximate surface area is 127 Å². The molecule has 0 aliphatic heterocycles. The van der Waals surface area contributed by atoms with Crippen LogP contribution in [-0.4, -0.2) is 45.4 Å². The van der Waals surface area contributed by atoms with Gasteiger partial charge in [0.15, 0.2) is 0 Å². The molecule has 0 fully saturated rings. The van der Waals surface area contributed by atoms with Gasteiger partial charge in [0.1, 0.15) is 0 Å². The highest BCUT2D eigenvalue weighted by Crippen LogP contribution is 2.13. The number of carboxylic acid groups (broad SMARTS) is 1. The van der Waals surface area contributed by atoms with Crippen LogP contribution in [0.4, 0.5) is 0 Å². The van der Waals surface area contributed by atoms with E-state index < -0.39 is 5.97 Å². The number of benzene rings is 1. The molecule has 3 N–H and O–H groups in total. The zero-order valence-corrected chi connectivity index (χ0v) is 12.4. The number of aryl methyl sites for hydroxylation is 1. The van der Waals surface area contributed by atoms with E-state index in [9.17, 15) is 14.4 Å². The van der Waals surface area contributed by atoms with Gasteiger partial charge in [0, 0.05) is 20.0 Å². The van der Waals surface area contributed by atoms with E-state index in [-0.39, 0.29) is 24.6 Å². The minimum atomic E-state index is -0.909. The monoisotopic (exact) mass is 305 g/mol. The number of fused-ring (bicyclic) bond motifs is 1. The van der Waals surface area contributed by atoms with Crippen LogP contribution in [0.3, 0.4) is 0 Å². The Morgan fingerprint density at radius 2 is 1.91 bits per heavy atom. The summed E-state index contributed by atoms with van der Waals surface area (Å²) in [5.41, 5.74) is 2.33. The molecular weight excluding hydrogens is 286 g/mol. The summed E-state index contributed by atoms with van der Waals surface area (Å²) in [4.78, 5) is 40.3. The second-order valence-corrected chi connectivity index (χ2v) is 5.27. The smallest absolute Gasteiger partial charge is 0.323 e. The Hall–Kier alpha value is -2.57. The fourth-order valence-electron chi connectivity index (χ4n) is 2.26. The molecule has 2 rings (SSSR count). The summed E-state index contributed by atoms with van der Waals surface area (Å²) in [6.07, 6.45) is 1.73. The molecule has 1 aromatic heterocycles. The molecule has 0 atom stereocenters. The van der Waals surface area contributed by atoms with Gasteiger partial charge in [-0.2, -0.15) is 0 Å². The van der Waals surface area contributed by atoms with Crippen LogP contribution in [0.1, 0.15) is 24.8 Å². The first-order chi connectivity index (χ1) is 10.5. The molecule has 0 aliphatic rings. The van der Waals surface area contributed by atoms with Crippen LogP contribution < -0.4 is 5.69 Å². The number of nitrogens with one attached hydrogen (secondary N) is 2. The van der Waals surface area contributed by atoms with E-state index in [1.165, 1.54) is 4.90 Å². The van der Waals surface area contributed by atoms with Gasteiger partial charge in [-0.25, -0.2) is 4.79 Å². The van der Waals surface area contributed by atoms with E-state index in [1.54, 1.807) is 7.05 Å². The van der Waals surface area contributed by atoms with E-state index in [2.05, 4.69) is 9.97 Å². The Morgan fingerprint density at radius 3 is 2.64 bits per heavy atom. The van der Waals surface area contributed by atoms with Crippen LogP contribution >= 0.6 is 0 Å². The number of carbonyl (C=O) groups excluding carboxylic acids is 1. The second kappa shape index (κ2) is 6.93. The van der Waals surface area contributed by atoms with Crippen molar-refractivity contribution in [2.45, 2.75) is 25.7 Å². The van der Waals surface area contributed by atoms with Gasteiger partial charge in [-0.15, -0.1) is 0 Å². The first kappa shape index (κ1) is 15.8. The molecule has 2 aromatic rings. The number of aromatic nitrogens is 2. The number of aromatic amines is 2. The highest BCUT2D eigenvalue weighted by Gasteiger charge is 2.10. The SMILES string of the molecule is CN(CCC(=O)O)C(=O)CCCc1ccc2[nH]c(=O)[nH]c2c1. The number of H-pyrrole nitrogens is 2. The molecule has 1 heterocycles. The fraction of sp³-hybridized carbons (Fsp3) is 0.400. The molecule has 1 aromatic carbocycles. The van der Waals surface area contributed by atoms with Crippen LogP contribution in [0.15, 0.2) is 23.0 Å². The topological polar surface area (TPSA) is 106 Å². The normalized spacial score (nSPS) is 10.8. The molecule has 0 bridgehead atoms. The van der Waals surface area contributed by atoms with Gasteiger partial charge >= 0.3 is 11.7 Å². The largest absolute Gasteiger partial charge is 0.481 e. The van der Waals surface area contributed by atoms with Crippen molar-refractivity contribution in [2.24, 2.45) is 0 Å². The quantitative estimate of drug-likeness (QED) is 0.712. The zero-order valence-electron chi connectivity index (χ0n) is 12.4. The summed E-state index contributed by atoms with van der Waals surface area (Å²) >= 11 is 0. The van der Waals surface area contributed by atoms with E-state index in [1.807, 2.05) is 18.2 Å². The third-order valence-electron chi connectivity index (χ3n) is 3.52. The second-order valence-electron chi connectivity index (χ2n) is 5.27. The molecule has 0 unspecified atom stereocenters. The number of aliphatic carboxylic acids is 1. The maximum absolute atomic E-state index is 11.8. The van der Waals surface area contributed by atoms with Crippen LogP contribution in [0.5, 0.6) is 0 Å². The van der Waals surface area contributed by atoms with Gasteiger partial charge in [-0.3, -0.25) is 9.59 Å². The van der Waals surface area contributed by atoms with Crippen LogP contribution in [0.2, 0.25) is 0 Å². The number of carbonyl (C=O) groups is 2. The standard InChI is InChI=1S/C15H19N3O4/c1-18(8-7-14(20)21)13(19)4-2-3-10-5-6-11-12(9-10)17-15(22)16-11/h5-6,9H,2-4,7-8H2,1H3,(H,20,21)(H2,16,17,22). The summed E-state index contributed by atoms with van der Waals surface area (Å²) in [6.45, 7) is 0.227. The van der Waals surface area contributed by atoms with Crippen molar-refractivity contribution in [3.63, 3.8) is 0 Å². The Kier molecular flexibility index (Phi) is 4.98. The number of nitrogens with zero attached hydrogens (tertiary/aromatic N) is 1. The average Bonchev–Trinajstić information content (AvgIpc) is 2.83. The molecule has 0 saturated carbocycles. The summed E-state index contributed by atoms with van der Waals surface area (Å²) in [5, 5.41) is 8.59. The number of hydrogen-bond acceptors (Lipinski definition) is 3. The molecule has 7 nitrogen and oxygen atoms in total. The van der Waals surface area contributed by atoms with Crippen LogP contribution in [0.25, 0.3) is 11.0 Å². The summed E-state index contributed by atoms with van der Waals surface area (Å²) < 4.78 is 0. The predicted molar refractivity (Wildman–Crippen MR) is 81.7 cm³/mol. The maximum Gasteiger partial charge on any atom is 0.323 e. The van der Waals surface area contributed by atoms with Crippen molar-refractivity contribution < 1.29 is 14.7 Å². The van der Waals surface area contributed by atoms with Crippen molar-refractivity contribution in [3.05, 3.63) is 34.2 Å². The first-order valence-electron chi connectivity index (χ1n) is 7.12. The Bertz CT molecular complexity index is 732. The lowest BCUT2D eigenvalue weighted by Crippen LogP contribution is -2.28. The molecule has 118 valence electrons. The van der Waals surface area contributed by atoms with Crippen molar-refractivity contribution in [3.8, 4) is 0 Å². The average molecular weight is 305 g/mol.